The average Bonchev–Trinajstić information content (AvgIpc) is 3.23. The van der Waals surface area contributed by atoms with E-state index >= 15 is 0 Å². The van der Waals surface area contributed by atoms with Gasteiger partial charge in [0.2, 0.25) is 0 Å². The summed E-state index contributed by atoms with van der Waals surface area (Å²) in [6, 6.07) is 22.7. The highest BCUT2D eigenvalue weighted by Crippen LogP contribution is 2.13. The van der Waals surface area contributed by atoms with Gasteiger partial charge in [-0.1, -0.05) is 54.6 Å². The predicted molar refractivity (Wildman–Crippen MR) is 129 cm³/mol. The van der Waals surface area contributed by atoms with E-state index in [-0.39, 0.29) is 24.0 Å². The smallest absolute Gasteiger partial charge is 0.191 e. The van der Waals surface area contributed by atoms with Crippen LogP contribution < -0.4 is 10.6 Å². The fourth-order valence-corrected chi connectivity index (χ4v) is 3.08. The van der Waals surface area contributed by atoms with E-state index in [9.17, 15) is 0 Å². The molecule has 0 aliphatic carbocycles. The Bertz CT molecular complexity index is 866. The molecule has 0 aliphatic rings. The summed E-state index contributed by atoms with van der Waals surface area (Å²) in [4.78, 5) is 6.58. The molecule has 1 heterocycles. The first-order chi connectivity index (χ1) is 13.7. The van der Waals surface area contributed by atoms with Crippen LogP contribution >= 0.6 is 24.0 Å². The Balaban J connectivity index is 0.00000300. The van der Waals surface area contributed by atoms with Crippen molar-refractivity contribution in [2.24, 2.45) is 4.99 Å². The van der Waals surface area contributed by atoms with Gasteiger partial charge in [0, 0.05) is 26.7 Å². The van der Waals surface area contributed by atoms with Crippen LogP contribution in [0.5, 0.6) is 0 Å². The molecule has 0 radical (unpaired) electrons. The largest absolute Gasteiger partial charge is 0.468 e. The molecule has 154 valence electrons. The van der Waals surface area contributed by atoms with E-state index in [1.54, 1.807) is 13.3 Å². The second-order valence-corrected chi connectivity index (χ2v) is 6.79. The minimum Gasteiger partial charge on any atom is -0.468 e. The van der Waals surface area contributed by atoms with Crippen LogP contribution in [0.4, 0.5) is 0 Å². The van der Waals surface area contributed by atoms with E-state index in [4.69, 9.17) is 4.42 Å². The molecule has 0 aliphatic heterocycles. The summed E-state index contributed by atoms with van der Waals surface area (Å²) in [7, 11) is 3.90. The summed E-state index contributed by atoms with van der Waals surface area (Å²) < 4.78 is 5.45. The van der Waals surface area contributed by atoms with Gasteiger partial charge >= 0.3 is 0 Å². The summed E-state index contributed by atoms with van der Waals surface area (Å²) >= 11 is 0. The first-order valence-corrected chi connectivity index (χ1v) is 9.51. The molecule has 0 atom stereocenters. The van der Waals surface area contributed by atoms with Crippen molar-refractivity contribution in [1.82, 2.24) is 15.5 Å². The van der Waals surface area contributed by atoms with Gasteiger partial charge in [0.05, 0.1) is 12.8 Å². The van der Waals surface area contributed by atoms with Crippen LogP contribution in [-0.4, -0.2) is 25.0 Å². The van der Waals surface area contributed by atoms with Gasteiger partial charge in [-0.05, 0) is 35.9 Å². The van der Waals surface area contributed by atoms with E-state index in [2.05, 4.69) is 64.0 Å². The highest BCUT2D eigenvalue weighted by atomic mass is 127. The van der Waals surface area contributed by atoms with Crippen LogP contribution in [0.15, 0.2) is 82.4 Å². The van der Waals surface area contributed by atoms with Gasteiger partial charge < -0.3 is 15.1 Å². The van der Waals surface area contributed by atoms with Crippen LogP contribution in [0.2, 0.25) is 0 Å². The second kappa shape index (κ2) is 12.3. The highest BCUT2D eigenvalue weighted by Gasteiger charge is 2.08. The summed E-state index contributed by atoms with van der Waals surface area (Å²) in [5, 5.41) is 6.78. The van der Waals surface area contributed by atoms with Gasteiger partial charge in [0.1, 0.15) is 5.76 Å². The zero-order valence-corrected chi connectivity index (χ0v) is 19.3. The van der Waals surface area contributed by atoms with Crippen molar-refractivity contribution < 1.29 is 4.42 Å². The molecular weight excluding hydrogens is 475 g/mol. The van der Waals surface area contributed by atoms with Gasteiger partial charge in [0.25, 0.3) is 0 Å². The van der Waals surface area contributed by atoms with E-state index in [1.807, 2.05) is 30.3 Å². The van der Waals surface area contributed by atoms with E-state index in [0.717, 1.165) is 37.9 Å². The molecule has 6 heteroatoms. The number of nitrogens with one attached hydrogen (secondary N) is 2. The Hall–Kier alpha value is -2.32. The first-order valence-electron chi connectivity index (χ1n) is 9.51. The predicted octanol–water partition coefficient (Wildman–Crippen LogP) is 4.39. The normalized spacial score (nSPS) is 11.2. The minimum absolute atomic E-state index is 0. The van der Waals surface area contributed by atoms with Crippen molar-refractivity contribution in [2.45, 2.75) is 26.2 Å². The zero-order valence-electron chi connectivity index (χ0n) is 17.0. The maximum Gasteiger partial charge on any atom is 0.191 e. The van der Waals surface area contributed by atoms with Gasteiger partial charge in [-0.2, -0.15) is 0 Å². The van der Waals surface area contributed by atoms with Crippen LogP contribution in [0.3, 0.4) is 0 Å². The van der Waals surface area contributed by atoms with Gasteiger partial charge in [-0.25, -0.2) is 0 Å². The van der Waals surface area contributed by atoms with Gasteiger partial charge in [0.15, 0.2) is 5.96 Å². The number of guanidine groups is 1. The number of hydrogen-bond acceptors (Lipinski definition) is 3. The fraction of sp³-hybridized carbons (Fsp3) is 0.261. The molecule has 0 fully saturated rings. The topological polar surface area (TPSA) is 52.8 Å². The number of nitrogens with zero attached hydrogens (tertiary/aromatic N) is 2. The number of aliphatic imine (C=N–C) groups is 1. The third-order valence-corrected chi connectivity index (χ3v) is 4.54. The molecule has 5 nitrogen and oxygen atoms in total. The van der Waals surface area contributed by atoms with Crippen LogP contribution in [0.1, 0.15) is 22.5 Å². The van der Waals surface area contributed by atoms with Crippen molar-refractivity contribution in [3.8, 4) is 0 Å². The first kappa shape index (κ1) is 23.0. The molecule has 0 saturated carbocycles. The molecule has 2 N–H and O–H groups in total. The molecular formula is C23H29IN4O. The molecule has 0 amide bonds. The summed E-state index contributed by atoms with van der Waals surface area (Å²) in [6.07, 6.45) is 1.72. The molecule has 3 aromatic rings. The van der Waals surface area contributed by atoms with Gasteiger partial charge in [-0.3, -0.25) is 9.89 Å². The lowest BCUT2D eigenvalue weighted by Gasteiger charge is -2.19. The molecule has 0 bridgehead atoms. The fourth-order valence-electron chi connectivity index (χ4n) is 3.08. The SMILES string of the molecule is CN=C(NCc1ccccc1)NCc1ccccc1CN(C)Cc1ccco1.I. The molecule has 3 rings (SSSR count). The summed E-state index contributed by atoms with van der Waals surface area (Å²) in [5.41, 5.74) is 3.78. The number of hydrogen-bond donors (Lipinski definition) is 2. The Morgan fingerprint density at radius 2 is 1.55 bits per heavy atom. The van der Waals surface area contributed by atoms with Crippen LogP contribution in [0.25, 0.3) is 0 Å². The number of furan rings is 1. The number of halogens is 1. The lowest BCUT2D eigenvalue weighted by atomic mass is 10.1. The maximum absolute atomic E-state index is 5.45. The van der Waals surface area contributed by atoms with Crippen LogP contribution in [0, 0.1) is 0 Å². The third kappa shape index (κ3) is 7.55. The molecule has 0 spiro atoms. The van der Waals surface area contributed by atoms with Crippen molar-refractivity contribution in [2.75, 3.05) is 14.1 Å². The Kier molecular flexibility index (Phi) is 9.73. The van der Waals surface area contributed by atoms with Crippen molar-refractivity contribution in [3.63, 3.8) is 0 Å². The Morgan fingerprint density at radius 3 is 2.24 bits per heavy atom. The highest BCUT2D eigenvalue weighted by molar-refractivity contribution is 14.0. The zero-order chi connectivity index (χ0) is 19.6. The van der Waals surface area contributed by atoms with Gasteiger partial charge in [-0.15, -0.1) is 24.0 Å². The lowest BCUT2D eigenvalue weighted by Crippen LogP contribution is -2.36. The standard InChI is InChI=1S/C23H28N4O.HI/c1-24-23(25-15-19-9-4-3-5-10-19)26-16-20-11-6-7-12-21(20)17-27(2)18-22-13-8-14-28-22;/h3-14H,15-18H2,1-2H3,(H2,24,25,26);1H. The molecule has 0 saturated heterocycles. The quantitative estimate of drug-likeness (QED) is 0.272. The third-order valence-electron chi connectivity index (χ3n) is 4.54. The second-order valence-electron chi connectivity index (χ2n) is 6.79. The molecule has 29 heavy (non-hydrogen) atoms. The Morgan fingerprint density at radius 1 is 0.862 bits per heavy atom. The van der Waals surface area contributed by atoms with Crippen molar-refractivity contribution in [1.29, 1.82) is 0 Å². The molecule has 2 aromatic carbocycles. The van der Waals surface area contributed by atoms with E-state index in [1.165, 1.54) is 16.7 Å². The summed E-state index contributed by atoms with van der Waals surface area (Å²) in [6.45, 7) is 3.11. The van der Waals surface area contributed by atoms with Crippen molar-refractivity contribution >= 4 is 29.9 Å². The summed E-state index contributed by atoms with van der Waals surface area (Å²) in [5.74, 6) is 1.77. The average molecular weight is 504 g/mol. The monoisotopic (exact) mass is 504 g/mol. The Labute approximate surface area is 190 Å². The van der Waals surface area contributed by atoms with E-state index in [0.29, 0.717) is 0 Å². The molecule has 0 unspecified atom stereocenters. The number of benzene rings is 2. The van der Waals surface area contributed by atoms with Crippen LogP contribution in [-0.2, 0) is 26.2 Å². The molecule has 1 aromatic heterocycles. The lowest BCUT2D eigenvalue weighted by molar-refractivity contribution is 0.287. The maximum atomic E-state index is 5.45. The van der Waals surface area contributed by atoms with Crippen molar-refractivity contribution in [3.05, 3.63) is 95.4 Å². The minimum atomic E-state index is 0. The number of rotatable bonds is 8. The van der Waals surface area contributed by atoms with E-state index < -0.39 is 0 Å².